The van der Waals surface area contributed by atoms with Crippen LogP contribution in [-0.2, 0) is 19.6 Å². The monoisotopic (exact) mass is 431 g/mol. The Hall–Kier alpha value is -3.40. The summed E-state index contributed by atoms with van der Waals surface area (Å²) in [6.07, 6.45) is 2.94. The number of nitrogens with one attached hydrogen (secondary N) is 3. The Morgan fingerprint density at radius 2 is 1.63 bits per heavy atom. The summed E-state index contributed by atoms with van der Waals surface area (Å²) in [5, 5.41) is 5.43. The summed E-state index contributed by atoms with van der Waals surface area (Å²) in [5.41, 5.74) is 1.12. The van der Waals surface area contributed by atoms with Crippen molar-refractivity contribution in [1.29, 1.82) is 0 Å². The minimum atomic E-state index is -3.49. The summed E-state index contributed by atoms with van der Waals surface area (Å²) in [4.78, 5) is 36.3. The van der Waals surface area contributed by atoms with Gasteiger partial charge >= 0.3 is 5.97 Å². The lowest BCUT2D eigenvalue weighted by Gasteiger charge is -2.09. The lowest BCUT2D eigenvalue weighted by Crippen LogP contribution is -2.25. The number of benzene rings is 2. The van der Waals surface area contributed by atoms with Crippen molar-refractivity contribution in [1.82, 2.24) is 5.32 Å². The van der Waals surface area contributed by atoms with Gasteiger partial charge in [-0.25, -0.2) is 13.2 Å². The lowest BCUT2D eigenvalue weighted by atomic mass is 10.2. The van der Waals surface area contributed by atoms with Gasteiger partial charge in [0.2, 0.25) is 10.0 Å². The van der Waals surface area contributed by atoms with Crippen molar-refractivity contribution in [3.05, 3.63) is 59.7 Å². The van der Waals surface area contributed by atoms with Crippen LogP contribution < -0.4 is 15.4 Å². The molecule has 2 aromatic carbocycles. The molecule has 3 N–H and O–H groups in total. The first-order valence-corrected chi connectivity index (χ1v) is 11.0. The van der Waals surface area contributed by atoms with Crippen molar-refractivity contribution in [2.45, 2.75) is 18.9 Å². The molecule has 0 unspecified atom stereocenters. The van der Waals surface area contributed by atoms with E-state index in [2.05, 4.69) is 15.4 Å². The number of esters is 1. The Labute approximate surface area is 173 Å². The second kappa shape index (κ2) is 8.95. The highest BCUT2D eigenvalue weighted by Gasteiger charge is 2.23. The van der Waals surface area contributed by atoms with Gasteiger partial charge in [0.15, 0.2) is 6.61 Å². The number of hydrogen-bond acceptors (Lipinski definition) is 6. The zero-order valence-corrected chi connectivity index (χ0v) is 17.0. The Morgan fingerprint density at radius 1 is 1.00 bits per heavy atom. The topological polar surface area (TPSA) is 131 Å². The molecule has 2 amide bonds. The van der Waals surface area contributed by atoms with Crippen LogP contribution in [0.2, 0.25) is 0 Å². The third kappa shape index (κ3) is 6.59. The first-order chi connectivity index (χ1) is 14.2. The van der Waals surface area contributed by atoms with Crippen molar-refractivity contribution in [2.24, 2.45) is 0 Å². The van der Waals surface area contributed by atoms with Crippen LogP contribution in [0.4, 0.5) is 11.4 Å². The van der Waals surface area contributed by atoms with E-state index < -0.39 is 28.5 Å². The van der Waals surface area contributed by atoms with Gasteiger partial charge in [0.25, 0.3) is 11.8 Å². The molecule has 1 saturated carbocycles. The van der Waals surface area contributed by atoms with Crippen LogP contribution in [-0.4, -0.2) is 45.1 Å². The Bertz CT molecular complexity index is 1080. The second-order valence-electron chi connectivity index (χ2n) is 6.91. The van der Waals surface area contributed by atoms with E-state index in [-0.39, 0.29) is 23.2 Å². The molecule has 0 heterocycles. The zero-order valence-electron chi connectivity index (χ0n) is 16.2. The van der Waals surface area contributed by atoms with Crippen LogP contribution in [0.5, 0.6) is 0 Å². The summed E-state index contributed by atoms with van der Waals surface area (Å²) in [6.45, 7) is -0.541. The van der Waals surface area contributed by atoms with Gasteiger partial charge in [0, 0.05) is 23.0 Å². The molecule has 0 bridgehead atoms. The molecule has 1 aliphatic rings. The van der Waals surface area contributed by atoms with E-state index in [9.17, 15) is 22.8 Å². The van der Waals surface area contributed by atoms with Crippen molar-refractivity contribution in [3.63, 3.8) is 0 Å². The molecule has 0 saturated heterocycles. The van der Waals surface area contributed by atoms with Gasteiger partial charge in [-0.1, -0.05) is 12.1 Å². The quantitative estimate of drug-likeness (QED) is 0.546. The summed E-state index contributed by atoms with van der Waals surface area (Å²) in [5.74, 6) is -1.56. The third-order valence-corrected chi connectivity index (χ3v) is 4.66. The molecule has 3 rings (SSSR count). The lowest BCUT2D eigenvalue weighted by molar-refractivity contribution is -0.119. The van der Waals surface area contributed by atoms with Gasteiger partial charge in [-0.15, -0.1) is 0 Å². The molecule has 0 radical (unpaired) electrons. The van der Waals surface area contributed by atoms with Crippen LogP contribution in [0.15, 0.2) is 48.5 Å². The van der Waals surface area contributed by atoms with Crippen LogP contribution >= 0.6 is 0 Å². The van der Waals surface area contributed by atoms with Gasteiger partial charge in [-0.05, 0) is 49.2 Å². The number of carbonyl (C=O) groups is 3. The maximum atomic E-state index is 12.1. The predicted octanol–water partition coefficient (Wildman–Crippen LogP) is 1.75. The van der Waals surface area contributed by atoms with E-state index in [0.29, 0.717) is 11.3 Å². The average molecular weight is 431 g/mol. The number of sulfonamides is 1. The largest absolute Gasteiger partial charge is 0.452 e. The zero-order chi connectivity index (χ0) is 21.7. The normalized spacial score (nSPS) is 13.2. The molecule has 30 heavy (non-hydrogen) atoms. The Morgan fingerprint density at radius 3 is 2.30 bits per heavy atom. The van der Waals surface area contributed by atoms with Crippen molar-refractivity contribution >= 4 is 39.2 Å². The smallest absolute Gasteiger partial charge is 0.338 e. The van der Waals surface area contributed by atoms with E-state index in [1.807, 2.05) is 0 Å². The van der Waals surface area contributed by atoms with E-state index in [0.717, 1.165) is 19.1 Å². The number of anilines is 2. The van der Waals surface area contributed by atoms with E-state index in [4.69, 9.17) is 4.74 Å². The van der Waals surface area contributed by atoms with Gasteiger partial charge < -0.3 is 15.4 Å². The highest BCUT2D eigenvalue weighted by molar-refractivity contribution is 7.92. The fourth-order valence-electron chi connectivity index (χ4n) is 2.57. The molecule has 0 aliphatic heterocycles. The van der Waals surface area contributed by atoms with Crippen LogP contribution in [0.3, 0.4) is 0 Å². The molecule has 0 spiro atoms. The Balaban J connectivity index is 1.54. The number of amides is 2. The number of ether oxygens (including phenoxy) is 1. The van der Waals surface area contributed by atoms with Crippen LogP contribution in [0, 0.1) is 0 Å². The standard InChI is InChI=1S/C20H21N3O6S/c1-30(27,28)23-17-7-3-5-14(11-17)20(26)29-12-18(24)21-16-6-2-4-13(10-16)19(25)22-15-8-9-15/h2-7,10-11,15,23H,8-9,12H2,1H3,(H,21,24)(H,22,25). The number of rotatable bonds is 8. The summed E-state index contributed by atoms with van der Waals surface area (Å²) < 4.78 is 29.8. The first kappa shape index (κ1) is 21.3. The van der Waals surface area contributed by atoms with Gasteiger partial charge in [0.1, 0.15) is 0 Å². The molecule has 0 atom stereocenters. The van der Waals surface area contributed by atoms with Crippen LogP contribution in [0.25, 0.3) is 0 Å². The molecule has 0 aromatic heterocycles. The third-order valence-electron chi connectivity index (χ3n) is 4.06. The minimum absolute atomic E-state index is 0.0928. The first-order valence-electron chi connectivity index (χ1n) is 9.15. The Kier molecular flexibility index (Phi) is 6.36. The van der Waals surface area contributed by atoms with E-state index >= 15 is 0 Å². The minimum Gasteiger partial charge on any atom is -0.452 e. The van der Waals surface area contributed by atoms with Gasteiger partial charge in [-0.2, -0.15) is 0 Å². The predicted molar refractivity (Wildman–Crippen MR) is 111 cm³/mol. The molecule has 10 heteroatoms. The fraction of sp³-hybridized carbons (Fsp3) is 0.250. The average Bonchev–Trinajstić information content (AvgIpc) is 3.49. The van der Waals surface area contributed by atoms with Crippen molar-refractivity contribution in [2.75, 3.05) is 22.9 Å². The van der Waals surface area contributed by atoms with Gasteiger partial charge in [0.05, 0.1) is 11.8 Å². The number of hydrogen-bond donors (Lipinski definition) is 3. The van der Waals surface area contributed by atoms with Crippen molar-refractivity contribution < 1.29 is 27.5 Å². The SMILES string of the molecule is CS(=O)(=O)Nc1cccc(C(=O)OCC(=O)Nc2cccc(C(=O)NC3CC3)c2)c1. The highest BCUT2D eigenvalue weighted by Crippen LogP contribution is 2.20. The second-order valence-corrected chi connectivity index (χ2v) is 8.66. The summed E-state index contributed by atoms with van der Waals surface area (Å²) in [6, 6.07) is 12.4. The maximum Gasteiger partial charge on any atom is 0.338 e. The van der Waals surface area contributed by atoms with Crippen molar-refractivity contribution in [3.8, 4) is 0 Å². The molecular formula is C20H21N3O6S. The molecule has 2 aromatic rings. The van der Waals surface area contributed by atoms with Crippen LogP contribution in [0.1, 0.15) is 33.6 Å². The molecular weight excluding hydrogens is 410 g/mol. The molecule has 1 aliphatic carbocycles. The number of carbonyl (C=O) groups excluding carboxylic acids is 3. The molecule has 1 fully saturated rings. The van der Waals surface area contributed by atoms with Gasteiger partial charge in [-0.3, -0.25) is 14.3 Å². The molecule has 9 nitrogen and oxygen atoms in total. The summed E-state index contributed by atoms with van der Waals surface area (Å²) >= 11 is 0. The van der Waals surface area contributed by atoms with E-state index in [1.165, 1.54) is 30.3 Å². The summed E-state index contributed by atoms with van der Waals surface area (Å²) in [7, 11) is -3.49. The fourth-order valence-corrected chi connectivity index (χ4v) is 3.12. The maximum absolute atomic E-state index is 12.1. The van der Waals surface area contributed by atoms with E-state index in [1.54, 1.807) is 18.2 Å². The molecule has 158 valence electrons. The highest BCUT2D eigenvalue weighted by atomic mass is 32.2.